The van der Waals surface area contributed by atoms with Crippen molar-refractivity contribution in [3.8, 4) is 0 Å². The van der Waals surface area contributed by atoms with E-state index < -0.39 is 10.8 Å². The van der Waals surface area contributed by atoms with E-state index in [4.69, 9.17) is 0 Å². The van der Waals surface area contributed by atoms with E-state index in [1.54, 1.807) is 19.3 Å². The van der Waals surface area contributed by atoms with Crippen molar-refractivity contribution in [2.24, 2.45) is 7.05 Å². The first-order chi connectivity index (χ1) is 8.99. The summed E-state index contributed by atoms with van der Waals surface area (Å²) in [5.74, 6) is -0.512. The lowest BCUT2D eigenvalue weighted by atomic mass is 10.2. The maximum atomic E-state index is 12.0. The zero-order valence-corrected chi connectivity index (χ0v) is 11.4. The minimum atomic E-state index is -0.553. The second kappa shape index (κ2) is 5.19. The monoisotopic (exact) mass is 324 g/mol. The van der Waals surface area contributed by atoms with Crippen molar-refractivity contribution in [1.29, 1.82) is 0 Å². The average molecular weight is 325 g/mol. The number of amides is 1. The molecule has 0 fully saturated rings. The Labute approximate surface area is 116 Å². The van der Waals surface area contributed by atoms with Gasteiger partial charge in [-0.3, -0.25) is 19.6 Å². The molecule has 1 amide bonds. The number of nitrogens with zero attached hydrogens (tertiary/aromatic N) is 3. The van der Waals surface area contributed by atoms with E-state index in [2.05, 4.69) is 26.3 Å². The standard InChI is InChI=1S/C11H9BrN4O3/c1-15-6-7(12)10(14-15)11(17)13-8-4-2-3-5-9(8)16(18)19/h2-6H,1H3,(H,13,17). The molecule has 19 heavy (non-hydrogen) atoms. The van der Waals surface area contributed by atoms with Crippen molar-refractivity contribution in [3.05, 3.63) is 50.7 Å². The molecule has 0 saturated heterocycles. The number of aryl methyl sites for hydroxylation is 1. The van der Waals surface area contributed by atoms with Crippen molar-refractivity contribution < 1.29 is 9.72 Å². The Morgan fingerprint density at radius 1 is 1.47 bits per heavy atom. The van der Waals surface area contributed by atoms with Gasteiger partial charge in [0.1, 0.15) is 5.69 Å². The van der Waals surface area contributed by atoms with Crippen LogP contribution >= 0.6 is 15.9 Å². The van der Waals surface area contributed by atoms with Crippen LogP contribution in [0.2, 0.25) is 0 Å². The van der Waals surface area contributed by atoms with Gasteiger partial charge in [-0.05, 0) is 22.0 Å². The predicted molar refractivity (Wildman–Crippen MR) is 72.0 cm³/mol. The lowest BCUT2D eigenvalue weighted by molar-refractivity contribution is -0.383. The number of carbonyl (C=O) groups is 1. The molecular formula is C11H9BrN4O3. The van der Waals surface area contributed by atoms with E-state index in [1.165, 1.54) is 22.9 Å². The number of hydrogen-bond donors (Lipinski definition) is 1. The topological polar surface area (TPSA) is 90.1 Å². The SMILES string of the molecule is Cn1cc(Br)c(C(=O)Nc2ccccc2[N+](=O)[O-])n1. The van der Waals surface area contributed by atoms with Crippen molar-refractivity contribution >= 4 is 33.2 Å². The fourth-order valence-corrected chi connectivity index (χ4v) is 2.09. The maximum absolute atomic E-state index is 12.0. The first-order valence-corrected chi connectivity index (χ1v) is 6.02. The van der Waals surface area contributed by atoms with Gasteiger partial charge in [-0.2, -0.15) is 5.10 Å². The minimum absolute atomic E-state index is 0.134. The van der Waals surface area contributed by atoms with Crippen molar-refractivity contribution in [3.63, 3.8) is 0 Å². The molecule has 1 aromatic heterocycles. The third kappa shape index (κ3) is 2.79. The van der Waals surface area contributed by atoms with Gasteiger partial charge < -0.3 is 5.32 Å². The van der Waals surface area contributed by atoms with Gasteiger partial charge in [-0.15, -0.1) is 0 Å². The van der Waals surface area contributed by atoms with Crippen molar-refractivity contribution in [2.75, 3.05) is 5.32 Å². The van der Waals surface area contributed by atoms with Crippen LogP contribution in [0.15, 0.2) is 34.9 Å². The molecule has 0 unspecified atom stereocenters. The largest absolute Gasteiger partial charge is 0.315 e. The van der Waals surface area contributed by atoms with E-state index in [0.29, 0.717) is 4.47 Å². The van der Waals surface area contributed by atoms with Gasteiger partial charge in [0.2, 0.25) is 0 Å². The number of para-hydroxylation sites is 2. The number of anilines is 1. The Morgan fingerprint density at radius 2 is 2.16 bits per heavy atom. The first-order valence-electron chi connectivity index (χ1n) is 5.23. The number of benzene rings is 1. The van der Waals surface area contributed by atoms with E-state index >= 15 is 0 Å². The van der Waals surface area contributed by atoms with Crippen LogP contribution in [0.1, 0.15) is 10.5 Å². The summed E-state index contributed by atoms with van der Waals surface area (Å²) in [6.45, 7) is 0. The molecule has 0 aliphatic heterocycles. The van der Waals surface area contributed by atoms with Crippen LogP contribution in [0.3, 0.4) is 0 Å². The van der Waals surface area contributed by atoms with Crippen LogP contribution in [0.25, 0.3) is 0 Å². The molecule has 1 N–H and O–H groups in total. The summed E-state index contributed by atoms with van der Waals surface area (Å²) in [6, 6.07) is 5.93. The molecule has 0 radical (unpaired) electrons. The lowest BCUT2D eigenvalue weighted by Gasteiger charge is -2.04. The van der Waals surface area contributed by atoms with Gasteiger partial charge >= 0.3 is 0 Å². The molecular weight excluding hydrogens is 316 g/mol. The highest BCUT2D eigenvalue weighted by atomic mass is 79.9. The smallest absolute Gasteiger partial charge is 0.292 e. The molecule has 0 aliphatic carbocycles. The maximum Gasteiger partial charge on any atom is 0.292 e. The second-order valence-electron chi connectivity index (χ2n) is 3.73. The Hall–Kier alpha value is -2.22. The fraction of sp³-hybridized carbons (Fsp3) is 0.0909. The number of nitrogens with one attached hydrogen (secondary N) is 1. The number of aromatic nitrogens is 2. The third-order valence-electron chi connectivity index (χ3n) is 2.35. The fourth-order valence-electron chi connectivity index (χ4n) is 1.53. The van der Waals surface area contributed by atoms with Crippen molar-refractivity contribution in [2.45, 2.75) is 0 Å². The summed E-state index contributed by atoms with van der Waals surface area (Å²) in [4.78, 5) is 22.3. The van der Waals surface area contributed by atoms with Gasteiger partial charge in [0.15, 0.2) is 5.69 Å². The van der Waals surface area contributed by atoms with Gasteiger partial charge in [-0.25, -0.2) is 0 Å². The van der Waals surface area contributed by atoms with Gasteiger partial charge in [0.05, 0.1) is 9.40 Å². The Bertz CT molecular complexity index is 653. The van der Waals surface area contributed by atoms with Crippen LogP contribution in [0.4, 0.5) is 11.4 Å². The molecule has 2 rings (SSSR count). The molecule has 0 spiro atoms. The summed E-state index contributed by atoms with van der Waals surface area (Å²) >= 11 is 3.20. The summed E-state index contributed by atoms with van der Waals surface area (Å²) in [6.07, 6.45) is 1.62. The summed E-state index contributed by atoms with van der Waals surface area (Å²) in [7, 11) is 1.67. The second-order valence-corrected chi connectivity index (χ2v) is 4.58. The highest BCUT2D eigenvalue weighted by molar-refractivity contribution is 9.10. The molecule has 1 heterocycles. The average Bonchev–Trinajstić information content (AvgIpc) is 2.69. The van der Waals surface area contributed by atoms with E-state index in [0.717, 1.165) is 0 Å². The van der Waals surface area contributed by atoms with Crippen molar-refractivity contribution in [1.82, 2.24) is 9.78 Å². The molecule has 0 bridgehead atoms. The highest BCUT2D eigenvalue weighted by Crippen LogP contribution is 2.24. The van der Waals surface area contributed by atoms with Gasteiger partial charge in [0.25, 0.3) is 11.6 Å². The lowest BCUT2D eigenvalue weighted by Crippen LogP contribution is -2.14. The van der Waals surface area contributed by atoms with Crippen LogP contribution in [-0.4, -0.2) is 20.6 Å². The quantitative estimate of drug-likeness (QED) is 0.693. The first kappa shape index (κ1) is 13.2. The zero-order valence-electron chi connectivity index (χ0n) is 9.83. The molecule has 1 aromatic carbocycles. The molecule has 8 heteroatoms. The van der Waals surface area contributed by atoms with E-state index in [-0.39, 0.29) is 17.1 Å². The molecule has 0 aliphatic rings. The number of carbonyl (C=O) groups excluding carboxylic acids is 1. The normalized spacial score (nSPS) is 10.2. The Kier molecular flexibility index (Phi) is 3.61. The van der Waals surface area contributed by atoms with Crippen LogP contribution in [0, 0.1) is 10.1 Å². The van der Waals surface area contributed by atoms with E-state index in [1.807, 2.05) is 0 Å². The number of rotatable bonds is 3. The third-order valence-corrected chi connectivity index (χ3v) is 2.93. The van der Waals surface area contributed by atoms with E-state index in [9.17, 15) is 14.9 Å². The summed E-state index contributed by atoms with van der Waals surface area (Å²) < 4.78 is 1.99. The van der Waals surface area contributed by atoms with Gasteiger partial charge in [-0.1, -0.05) is 12.1 Å². The molecule has 2 aromatic rings. The predicted octanol–water partition coefficient (Wildman–Crippen LogP) is 2.34. The Balaban J connectivity index is 2.29. The number of nitro benzene ring substituents is 1. The number of hydrogen-bond acceptors (Lipinski definition) is 4. The molecule has 0 saturated carbocycles. The highest BCUT2D eigenvalue weighted by Gasteiger charge is 2.19. The van der Waals surface area contributed by atoms with Crippen LogP contribution in [-0.2, 0) is 7.05 Å². The molecule has 7 nitrogen and oxygen atoms in total. The van der Waals surface area contributed by atoms with Crippen LogP contribution in [0.5, 0.6) is 0 Å². The minimum Gasteiger partial charge on any atom is -0.315 e. The Morgan fingerprint density at radius 3 is 2.74 bits per heavy atom. The molecule has 0 atom stereocenters. The molecule has 98 valence electrons. The van der Waals surface area contributed by atoms with Crippen LogP contribution < -0.4 is 5.32 Å². The zero-order chi connectivity index (χ0) is 14.0. The van der Waals surface area contributed by atoms with Gasteiger partial charge in [0, 0.05) is 19.3 Å². The summed E-state index contributed by atoms with van der Waals surface area (Å²) in [5, 5.41) is 17.3. The number of halogens is 1. The summed E-state index contributed by atoms with van der Waals surface area (Å²) in [5.41, 5.74) is 0.138. The number of nitro groups is 1.